The Labute approximate surface area is 172 Å². The number of nitrogens with zero attached hydrogens (tertiary/aromatic N) is 1. The van der Waals surface area contributed by atoms with Gasteiger partial charge in [0.25, 0.3) is 0 Å². The predicted octanol–water partition coefficient (Wildman–Crippen LogP) is 4.23. The van der Waals surface area contributed by atoms with Gasteiger partial charge in [0.15, 0.2) is 17.5 Å². The standard InChI is InChI=1S/C17H21F2N3O2S.HI/c1-3-23-14-8-4-6-12(15(14)24-16(18)19)10-21-17(20-2)22-11-13-7-5-9-25-13;/h4-9,16H,3,10-11H2,1-2H3,(H2,20,21,22);1H. The zero-order valence-corrected chi connectivity index (χ0v) is 17.6. The molecule has 0 saturated carbocycles. The van der Waals surface area contributed by atoms with Crippen LogP contribution in [0.15, 0.2) is 40.7 Å². The molecule has 0 aliphatic rings. The molecular formula is C17H22F2IN3O2S. The summed E-state index contributed by atoms with van der Waals surface area (Å²) < 4.78 is 35.5. The summed E-state index contributed by atoms with van der Waals surface area (Å²) in [7, 11) is 1.65. The molecule has 5 nitrogen and oxygen atoms in total. The van der Waals surface area contributed by atoms with Gasteiger partial charge in [-0.05, 0) is 24.4 Å². The van der Waals surface area contributed by atoms with Crippen LogP contribution in [0.5, 0.6) is 11.5 Å². The first kappa shape index (κ1) is 22.4. The number of thiophene rings is 1. The van der Waals surface area contributed by atoms with Gasteiger partial charge < -0.3 is 20.1 Å². The van der Waals surface area contributed by atoms with Crippen LogP contribution >= 0.6 is 35.3 Å². The van der Waals surface area contributed by atoms with Gasteiger partial charge in [-0.2, -0.15) is 8.78 Å². The van der Waals surface area contributed by atoms with Crippen molar-refractivity contribution in [2.45, 2.75) is 26.6 Å². The first-order valence-electron chi connectivity index (χ1n) is 7.80. The highest BCUT2D eigenvalue weighted by Gasteiger charge is 2.16. The summed E-state index contributed by atoms with van der Waals surface area (Å²) in [5.74, 6) is 0.905. The number of hydrogen-bond donors (Lipinski definition) is 2. The smallest absolute Gasteiger partial charge is 0.387 e. The average molecular weight is 497 g/mol. The van der Waals surface area contributed by atoms with Gasteiger partial charge in [-0.25, -0.2) is 0 Å². The Morgan fingerprint density at radius 3 is 2.58 bits per heavy atom. The second kappa shape index (κ2) is 11.9. The normalized spacial score (nSPS) is 11.0. The van der Waals surface area contributed by atoms with Crippen molar-refractivity contribution in [2.75, 3.05) is 13.7 Å². The molecule has 26 heavy (non-hydrogen) atoms. The predicted molar refractivity (Wildman–Crippen MR) is 111 cm³/mol. The van der Waals surface area contributed by atoms with Crippen molar-refractivity contribution in [3.63, 3.8) is 0 Å². The third kappa shape index (κ3) is 6.94. The maximum atomic E-state index is 12.7. The van der Waals surface area contributed by atoms with Crippen molar-refractivity contribution < 1.29 is 18.3 Å². The fourth-order valence-corrected chi connectivity index (χ4v) is 2.82. The van der Waals surface area contributed by atoms with Crippen LogP contribution in [0.1, 0.15) is 17.4 Å². The number of ether oxygens (including phenoxy) is 2. The minimum absolute atomic E-state index is 0. The van der Waals surface area contributed by atoms with Crippen LogP contribution in [0.2, 0.25) is 0 Å². The van der Waals surface area contributed by atoms with E-state index in [9.17, 15) is 8.78 Å². The summed E-state index contributed by atoms with van der Waals surface area (Å²) in [5, 5.41) is 8.27. The number of benzene rings is 1. The van der Waals surface area contributed by atoms with Gasteiger partial charge >= 0.3 is 6.61 Å². The number of alkyl halides is 2. The fourth-order valence-electron chi connectivity index (χ4n) is 2.18. The Kier molecular flexibility index (Phi) is 10.3. The van der Waals surface area contributed by atoms with Crippen molar-refractivity contribution in [3.8, 4) is 11.5 Å². The maximum absolute atomic E-state index is 12.7. The van der Waals surface area contributed by atoms with E-state index in [1.165, 1.54) is 4.88 Å². The summed E-state index contributed by atoms with van der Waals surface area (Å²) in [5.41, 5.74) is 0.560. The van der Waals surface area contributed by atoms with Gasteiger partial charge in [0, 0.05) is 24.0 Å². The zero-order valence-electron chi connectivity index (χ0n) is 14.5. The first-order valence-corrected chi connectivity index (χ1v) is 8.68. The van der Waals surface area contributed by atoms with E-state index in [4.69, 9.17) is 4.74 Å². The first-order chi connectivity index (χ1) is 12.1. The van der Waals surface area contributed by atoms with Crippen molar-refractivity contribution in [2.24, 2.45) is 4.99 Å². The van der Waals surface area contributed by atoms with Gasteiger partial charge in [0.05, 0.1) is 13.2 Å². The highest BCUT2D eigenvalue weighted by Crippen LogP contribution is 2.32. The number of aliphatic imine (C=N–C) groups is 1. The third-order valence-corrected chi connectivity index (χ3v) is 4.12. The molecule has 144 valence electrons. The van der Waals surface area contributed by atoms with Gasteiger partial charge in [0.1, 0.15) is 0 Å². The van der Waals surface area contributed by atoms with E-state index in [1.807, 2.05) is 17.5 Å². The molecule has 9 heteroatoms. The van der Waals surface area contributed by atoms with Gasteiger partial charge in [-0.15, -0.1) is 35.3 Å². The van der Waals surface area contributed by atoms with Crippen LogP contribution in [-0.4, -0.2) is 26.2 Å². The lowest BCUT2D eigenvalue weighted by molar-refractivity contribution is -0.0520. The largest absolute Gasteiger partial charge is 0.490 e. The molecule has 0 radical (unpaired) electrons. The van der Waals surface area contributed by atoms with Crippen LogP contribution in [0, 0.1) is 0 Å². The molecule has 1 aromatic heterocycles. The summed E-state index contributed by atoms with van der Waals surface area (Å²) in [4.78, 5) is 5.30. The number of guanidine groups is 1. The van der Waals surface area contributed by atoms with Crippen LogP contribution in [0.4, 0.5) is 8.78 Å². The maximum Gasteiger partial charge on any atom is 0.387 e. The Hall–Kier alpha value is -1.62. The molecule has 0 saturated heterocycles. The van der Waals surface area contributed by atoms with Crippen LogP contribution in [-0.2, 0) is 13.1 Å². The van der Waals surface area contributed by atoms with Crippen LogP contribution in [0.3, 0.4) is 0 Å². The van der Waals surface area contributed by atoms with Crippen molar-refractivity contribution in [1.82, 2.24) is 10.6 Å². The van der Waals surface area contributed by atoms with Crippen molar-refractivity contribution in [1.29, 1.82) is 0 Å². The molecule has 0 fully saturated rings. The third-order valence-electron chi connectivity index (χ3n) is 3.25. The molecule has 0 aliphatic carbocycles. The molecule has 2 aromatic rings. The average Bonchev–Trinajstić information content (AvgIpc) is 3.10. The molecule has 1 heterocycles. The lowest BCUT2D eigenvalue weighted by atomic mass is 10.2. The molecule has 0 spiro atoms. The Bertz CT molecular complexity index is 685. The summed E-state index contributed by atoms with van der Waals surface area (Å²) in [6.07, 6.45) is 0. The van der Waals surface area contributed by atoms with Gasteiger partial charge in [0.2, 0.25) is 0 Å². The quantitative estimate of drug-likeness (QED) is 0.326. The topological polar surface area (TPSA) is 54.9 Å². The molecule has 2 rings (SSSR count). The van der Waals surface area contributed by atoms with E-state index in [0.29, 0.717) is 30.4 Å². The second-order valence-corrected chi connectivity index (χ2v) is 5.95. The van der Waals surface area contributed by atoms with E-state index in [2.05, 4.69) is 20.4 Å². The van der Waals surface area contributed by atoms with E-state index in [-0.39, 0.29) is 36.3 Å². The lowest BCUT2D eigenvalue weighted by Crippen LogP contribution is -2.36. The number of nitrogens with one attached hydrogen (secondary N) is 2. The Balaban J connectivity index is 0.00000338. The second-order valence-electron chi connectivity index (χ2n) is 4.91. The minimum Gasteiger partial charge on any atom is -0.490 e. The van der Waals surface area contributed by atoms with Gasteiger partial charge in [-0.1, -0.05) is 18.2 Å². The number of hydrogen-bond acceptors (Lipinski definition) is 4. The molecule has 0 amide bonds. The molecule has 0 bridgehead atoms. The molecule has 2 N–H and O–H groups in total. The number of halogens is 3. The van der Waals surface area contributed by atoms with Crippen molar-refractivity contribution >= 4 is 41.3 Å². The molecule has 0 aliphatic heterocycles. The monoisotopic (exact) mass is 497 g/mol. The number of rotatable bonds is 8. The molecular weight excluding hydrogens is 475 g/mol. The molecule has 1 aromatic carbocycles. The van der Waals surface area contributed by atoms with Crippen LogP contribution in [0.25, 0.3) is 0 Å². The van der Waals surface area contributed by atoms with E-state index in [1.54, 1.807) is 43.5 Å². The molecule has 0 atom stereocenters. The summed E-state index contributed by atoms with van der Waals surface area (Å²) in [6, 6.07) is 9.05. The highest BCUT2D eigenvalue weighted by molar-refractivity contribution is 14.0. The Morgan fingerprint density at radius 1 is 1.19 bits per heavy atom. The highest BCUT2D eigenvalue weighted by atomic mass is 127. The Morgan fingerprint density at radius 2 is 1.96 bits per heavy atom. The van der Waals surface area contributed by atoms with Crippen LogP contribution < -0.4 is 20.1 Å². The summed E-state index contributed by atoms with van der Waals surface area (Å²) >= 11 is 1.64. The van der Waals surface area contributed by atoms with E-state index < -0.39 is 6.61 Å². The lowest BCUT2D eigenvalue weighted by Gasteiger charge is -2.17. The van der Waals surface area contributed by atoms with E-state index >= 15 is 0 Å². The zero-order chi connectivity index (χ0) is 18.1. The van der Waals surface area contributed by atoms with E-state index in [0.717, 1.165) is 0 Å². The minimum atomic E-state index is -2.92. The van der Waals surface area contributed by atoms with Crippen molar-refractivity contribution in [3.05, 3.63) is 46.2 Å². The summed E-state index contributed by atoms with van der Waals surface area (Å²) in [6.45, 7) is 0.134. The number of para-hydroxylation sites is 1. The fraction of sp³-hybridized carbons (Fsp3) is 0.353. The SMILES string of the molecule is CCOc1cccc(CNC(=NC)NCc2cccs2)c1OC(F)F.I. The molecule has 0 unspecified atom stereocenters. The van der Waals surface area contributed by atoms with Gasteiger partial charge in [-0.3, -0.25) is 4.99 Å².